The molecule has 0 aliphatic rings. The molecule has 2 nitrogen and oxygen atoms in total. The topological polar surface area (TPSA) is 26.3 Å². The molecule has 0 aliphatic carbocycles. The molecule has 0 aromatic heterocycles. The Balaban J connectivity index is 3.41. The van der Waals surface area contributed by atoms with Crippen molar-refractivity contribution in [2.75, 3.05) is 0 Å². The fourth-order valence-electron chi connectivity index (χ4n) is 2.97. The number of hydrogen-bond acceptors (Lipinski definition) is 2. The fraction of sp³-hybridized carbons (Fsp3) is 0.952. The predicted molar refractivity (Wildman–Crippen MR) is 101 cm³/mol. The first-order valence-electron chi connectivity index (χ1n) is 10.3. The van der Waals surface area contributed by atoms with E-state index in [0.717, 1.165) is 19.3 Å². The molecule has 0 aromatic rings. The van der Waals surface area contributed by atoms with Crippen LogP contribution in [0, 0.1) is 5.92 Å². The Hall–Kier alpha value is -0.530. The number of rotatable bonds is 16. The van der Waals surface area contributed by atoms with Gasteiger partial charge in [0.15, 0.2) is 0 Å². The van der Waals surface area contributed by atoms with Gasteiger partial charge in [0.25, 0.3) is 0 Å². The zero-order valence-electron chi connectivity index (χ0n) is 16.4. The molecule has 0 heterocycles. The van der Waals surface area contributed by atoms with Crippen molar-refractivity contribution in [3.8, 4) is 0 Å². The zero-order valence-corrected chi connectivity index (χ0v) is 16.4. The predicted octanol–water partition coefficient (Wildman–Crippen LogP) is 7.06. The minimum Gasteiger partial charge on any atom is -0.462 e. The molecule has 0 aliphatic heterocycles. The molecule has 23 heavy (non-hydrogen) atoms. The van der Waals surface area contributed by atoms with E-state index in [4.69, 9.17) is 4.74 Å². The van der Waals surface area contributed by atoms with Crippen molar-refractivity contribution in [3.05, 3.63) is 0 Å². The second kappa shape index (κ2) is 16.3. The number of carbonyl (C=O) groups excluding carboxylic acids is 1. The van der Waals surface area contributed by atoms with E-state index >= 15 is 0 Å². The van der Waals surface area contributed by atoms with E-state index < -0.39 is 0 Å². The molecule has 0 radical (unpaired) electrons. The molecule has 0 aromatic carbocycles. The number of carbonyl (C=O) groups is 1. The number of esters is 1. The maximum Gasteiger partial charge on any atom is 0.306 e. The van der Waals surface area contributed by atoms with Crippen LogP contribution in [0.15, 0.2) is 0 Å². The van der Waals surface area contributed by atoms with Gasteiger partial charge < -0.3 is 4.74 Å². The Morgan fingerprint density at radius 1 is 0.739 bits per heavy atom. The van der Waals surface area contributed by atoms with Crippen molar-refractivity contribution in [2.24, 2.45) is 5.92 Å². The molecule has 0 fully saturated rings. The van der Waals surface area contributed by atoms with Gasteiger partial charge in [-0.3, -0.25) is 4.79 Å². The smallest absolute Gasteiger partial charge is 0.306 e. The van der Waals surface area contributed by atoms with Gasteiger partial charge in [-0.1, -0.05) is 98.3 Å². The summed E-state index contributed by atoms with van der Waals surface area (Å²) in [5.41, 5.74) is 0. The van der Waals surface area contributed by atoms with Crippen LogP contribution in [0.3, 0.4) is 0 Å². The molecule has 2 heteroatoms. The van der Waals surface area contributed by atoms with Crippen LogP contribution in [0.4, 0.5) is 0 Å². The minimum atomic E-state index is 0.00748. The lowest BCUT2D eigenvalue weighted by molar-refractivity contribution is -0.151. The molecular weight excluding hydrogens is 284 g/mol. The van der Waals surface area contributed by atoms with Crippen LogP contribution in [0.5, 0.6) is 0 Å². The monoisotopic (exact) mass is 326 g/mol. The van der Waals surface area contributed by atoms with Crippen molar-refractivity contribution in [1.82, 2.24) is 0 Å². The van der Waals surface area contributed by atoms with Gasteiger partial charge in [-0.05, 0) is 18.8 Å². The summed E-state index contributed by atoms with van der Waals surface area (Å²) in [5, 5.41) is 0. The lowest BCUT2D eigenvalue weighted by Crippen LogP contribution is -2.23. The van der Waals surface area contributed by atoms with Gasteiger partial charge in [0, 0.05) is 6.42 Å². The molecule has 0 saturated carbocycles. The maximum absolute atomic E-state index is 11.9. The Bertz CT molecular complexity index is 261. The van der Waals surface area contributed by atoms with E-state index in [-0.39, 0.29) is 12.1 Å². The van der Waals surface area contributed by atoms with Gasteiger partial charge in [0.2, 0.25) is 0 Å². The van der Waals surface area contributed by atoms with Crippen molar-refractivity contribution in [3.63, 3.8) is 0 Å². The second-order valence-corrected chi connectivity index (χ2v) is 7.35. The molecular formula is C21H42O2. The largest absolute Gasteiger partial charge is 0.462 e. The van der Waals surface area contributed by atoms with Gasteiger partial charge in [-0.15, -0.1) is 0 Å². The average Bonchev–Trinajstić information content (AvgIpc) is 2.52. The van der Waals surface area contributed by atoms with Crippen molar-refractivity contribution in [2.45, 2.75) is 124 Å². The van der Waals surface area contributed by atoms with Crippen LogP contribution in [-0.4, -0.2) is 12.1 Å². The first-order valence-corrected chi connectivity index (χ1v) is 10.3. The average molecular weight is 327 g/mol. The summed E-state index contributed by atoms with van der Waals surface area (Å²) in [4.78, 5) is 11.9. The van der Waals surface area contributed by atoms with Crippen LogP contribution >= 0.6 is 0 Å². The van der Waals surface area contributed by atoms with Gasteiger partial charge in [-0.2, -0.15) is 0 Å². The van der Waals surface area contributed by atoms with Crippen LogP contribution in [-0.2, 0) is 9.53 Å². The third-order valence-electron chi connectivity index (χ3n) is 4.58. The molecule has 0 N–H and O–H groups in total. The van der Waals surface area contributed by atoms with Crippen molar-refractivity contribution >= 4 is 5.97 Å². The van der Waals surface area contributed by atoms with E-state index in [9.17, 15) is 4.79 Å². The molecule has 0 saturated heterocycles. The second-order valence-electron chi connectivity index (χ2n) is 7.35. The highest BCUT2D eigenvalue weighted by molar-refractivity contribution is 5.69. The lowest BCUT2D eigenvalue weighted by atomic mass is 10.0. The third kappa shape index (κ3) is 14.8. The van der Waals surface area contributed by atoms with E-state index in [2.05, 4.69) is 27.7 Å². The number of unbranched alkanes of at least 4 members (excludes halogenated alkanes) is 10. The Morgan fingerprint density at radius 3 is 1.65 bits per heavy atom. The summed E-state index contributed by atoms with van der Waals surface area (Å²) in [6.07, 6.45) is 17.2. The minimum absolute atomic E-state index is 0.00748. The molecule has 0 rings (SSSR count). The molecule has 1 unspecified atom stereocenters. The van der Waals surface area contributed by atoms with E-state index in [1.54, 1.807) is 0 Å². The maximum atomic E-state index is 11.9. The van der Waals surface area contributed by atoms with Gasteiger partial charge >= 0.3 is 5.97 Å². The van der Waals surface area contributed by atoms with Gasteiger partial charge in [0.1, 0.15) is 6.10 Å². The first kappa shape index (κ1) is 22.5. The molecule has 0 amide bonds. The normalized spacial score (nSPS) is 12.6. The highest BCUT2D eigenvalue weighted by atomic mass is 16.5. The number of ether oxygens (including phenoxy) is 1. The fourth-order valence-corrected chi connectivity index (χ4v) is 2.97. The Kier molecular flexibility index (Phi) is 16.0. The highest BCUT2D eigenvalue weighted by Crippen LogP contribution is 2.15. The Morgan fingerprint density at radius 2 is 1.22 bits per heavy atom. The standard InChI is InChI=1S/C21H42O2/c1-5-7-8-9-10-11-12-13-14-15-16-18-21(22)23-20(17-6-2)19(3)4/h19-20H,5-18H2,1-4H3. The summed E-state index contributed by atoms with van der Waals surface area (Å²) >= 11 is 0. The summed E-state index contributed by atoms with van der Waals surface area (Å²) in [6, 6.07) is 0. The molecule has 0 spiro atoms. The van der Waals surface area contributed by atoms with E-state index in [1.807, 2.05) is 0 Å². The van der Waals surface area contributed by atoms with Crippen LogP contribution in [0.25, 0.3) is 0 Å². The Labute approximate surface area is 145 Å². The van der Waals surface area contributed by atoms with Crippen molar-refractivity contribution < 1.29 is 9.53 Å². The van der Waals surface area contributed by atoms with Crippen LogP contribution in [0.1, 0.15) is 118 Å². The quantitative estimate of drug-likeness (QED) is 0.224. The lowest BCUT2D eigenvalue weighted by Gasteiger charge is -2.20. The highest BCUT2D eigenvalue weighted by Gasteiger charge is 2.16. The summed E-state index contributed by atoms with van der Waals surface area (Å²) < 4.78 is 5.61. The SMILES string of the molecule is CCCCCCCCCCCCCC(=O)OC(CCC)C(C)C. The third-order valence-corrected chi connectivity index (χ3v) is 4.58. The summed E-state index contributed by atoms with van der Waals surface area (Å²) in [5.74, 6) is 0.435. The van der Waals surface area contributed by atoms with Crippen LogP contribution in [0.2, 0.25) is 0 Å². The van der Waals surface area contributed by atoms with E-state index in [0.29, 0.717) is 12.3 Å². The summed E-state index contributed by atoms with van der Waals surface area (Å²) in [6.45, 7) is 8.68. The zero-order chi connectivity index (χ0) is 17.3. The van der Waals surface area contributed by atoms with Gasteiger partial charge in [-0.25, -0.2) is 0 Å². The van der Waals surface area contributed by atoms with Crippen LogP contribution < -0.4 is 0 Å². The summed E-state index contributed by atoms with van der Waals surface area (Å²) in [7, 11) is 0. The molecule has 138 valence electrons. The first-order chi connectivity index (χ1) is 11.1. The van der Waals surface area contributed by atoms with Gasteiger partial charge in [0.05, 0.1) is 0 Å². The number of hydrogen-bond donors (Lipinski definition) is 0. The van der Waals surface area contributed by atoms with E-state index in [1.165, 1.54) is 64.2 Å². The molecule has 1 atom stereocenters. The van der Waals surface area contributed by atoms with Crippen molar-refractivity contribution in [1.29, 1.82) is 0 Å². The molecule has 0 bridgehead atoms.